The molecule has 1 aromatic carbocycles. The van der Waals surface area contributed by atoms with Crippen molar-refractivity contribution in [1.82, 2.24) is 14.8 Å². The molecule has 3 rings (SSSR count). The number of piperazine rings is 1. The van der Waals surface area contributed by atoms with Gasteiger partial charge in [-0.15, -0.1) is 11.3 Å². The van der Waals surface area contributed by atoms with Gasteiger partial charge in [0.05, 0.1) is 13.0 Å². The summed E-state index contributed by atoms with van der Waals surface area (Å²) < 4.78 is 0. The Morgan fingerprint density at radius 3 is 2.36 bits per heavy atom. The largest absolute Gasteiger partial charge is 0.389 e. The SMILES string of the molecule is Cc1ccc(CC(=O)N2CCN(C(=O)c3csc(CO)n3)CC2)cc1. The summed E-state index contributed by atoms with van der Waals surface area (Å²) in [5, 5.41) is 11.3. The third-order valence-corrected chi connectivity index (χ3v) is 5.14. The summed E-state index contributed by atoms with van der Waals surface area (Å²) in [7, 11) is 0. The summed E-state index contributed by atoms with van der Waals surface area (Å²) in [5.74, 6) is -0.0474. The maximum atomic E-state index is 12.4. The molecule has 1 N–H and O–H groups in total. The highest BCUT2D eigenvalue weighted by Gasteiger charge is 2.26. The summed E-state index contributed by atoms with van der Waals surface area (Å²) >= 11 is 1.28. The van der Waals surface area contributed by atoms with Crippen LogP contribution >= 0.6 is 11.3 Å². The van der Waals surface area contributed by atoms with Crippen molar-refractivity contribution in [2.24, 2.45) is 0 Å². The minimum Gasteiger partial charge on any atom is -0.389 e. The van der Waals surface area contributed by atoms with Crippen LogP contribution in [0.4, 0.5) is 0 Å². The number of rotatable bonds is 4. The Balaban J connectivity index is 1.53. The van der Waals surface area contributed by atoms with Gasteiger partial charge in [-0.25, -0.2) is 4.98 Å². The zero-order valence-electron chi connectivity index (χ0n) is 14.1. The zero-order valence-corrected chi connectivity index (χ0v) is 15.0. The molecule has 0 saturated carbocycles. The van der Waals surface area contributed by atoms with Crippen molar-refractivity contribution in [3.8, 4) is 0 Å². The van der Waals surface area contributed by atoms with E-state index in [4.69, 9.17) is 5.11 Å². The van der Waals surface area contributed by atoms with Gasteiger partial charge >= 0.3 is 0 Å². The van der Waals surface area contributed by atoms with Crippen molar-refractivity contribution < 1.29 is 14.7 Å². The van der Waals surface area contributed by atoms with Gasteiger partial charge in [0.1, 0.15) is 10.7 Å². The highest BCUT2D eigenvalue weighted by Crippen LogP contribution is 2.14. The van der Waals surface area contributed by atoms with Crippen molar-refractivity contribution in [1.29, 1.82) is 0 Å². The van der Waals surface area contributed by atoms with E-state index >= 15 is 0 Å². The third kappa shape index (κ3) is 4.24. The number of carbonyl (C=O) groups excluding carboxylic acids is 2. The molecule has 0 radical (unpaired) electrons. The second kappa shape index (κ2) is 7.76. The first-order valence-electron chi connectivity index (χ1n) is 8.24. The lowest BCUT2D eigenvalue weighted by Gasteiger charge is -2.34. The Bertz CT molecular complexity index is 749. The number of aryl methyl sites for hydroxylation is 1. The van der Waals surface area contributed by atoms with Crippen molar-refractivity contribution in [2.75, 3.05) is 26.2 Å². The highest BCUT2D eigenvalue weighted by atomic mass is 32.1. The fourth-order valence-corrected chi connectivity index (χ4v) is 3.42. The van der Waals surface area contributed by atoms with Crippen LogP contribution in [0.3, 0.4) is 0 Å². The Kier molecular flexibility index (Phi) is 5.45. The fourth-order valence-electron chi connectivity index (χ4n) is 2.80. The predicted molar refractivity (Wildman–Crippen MR) is 95.4 cm³/mol. The molecule has 1 aromatic heterocycles. The molecular weight excluding hydrogens is 338 g/mol. The summed E-state index contributed by atoms with van der Waals surface area (Å²) in [6.45, 7) is 3.95. The van der Waals surface area contributed by atoms with Gasteiger partial charge in [-0.05, 0) is 12.5 Å². The Labute approximate surface area is 150 Å². The molecule has 1 aliphatic rings. The van der Waals surface area contributed by atoms with Crippen LogP contribution in [0.15, 0.2) is 29.6 Å². The summed E-state index contributed by atoms with van der Waals surface area (Å²) in [6.07, 6.45) is 0.389. The van der Waals surface area contributed by atoms with Crippen LogP contribution in [0.2, 0.25) is 0 Å². The van der Waals surface area contributed by atoms with E-state index in [9.17, 15) is 9.59 Å². The summed E-state index contributed by atoms with van der Waals surface area (Å²) in [5.41, 5.74) is 2.55. The standard InChI is InChI=1S/C18H21N3O3S/c1-13-2-4-14(5-3-13)10-17(23)20-6-8-21(9-7-20)18(24)15-12-25-16(11-22)19-15/h2-5,12,22H,6-11H2,1H3. The number of hydrogen-bond acceptors (Lipinski definition) is 5. The van der Waals surface area contributed by atoms with Crippen LogP contribution in [0.1, 0.15) is 26.6 Å². The number of aliphatic hydroxyl groups excluding tert-OH is 1. The van der Waals surface area contributed by atoms with Crippen molar-refractivity contribution in [3.63, 3.8) is 0 Å². The molecule has 2 aromatic rings. The smallest absolute Gasteiger partial charge is 0.273 e. The Morgan fingerprint density at radius 1 is 1.12 bits per heavy atom. The molecule has 1 fully saturated rings. The zero-order chi connectivity index (χ0) is 17.8. The van der Waals surface area contributed by atoms with E-state index in [0.29, 0.717) is 43.3 Å². The molecule has 6 nitrogen and oxygen atoms in total. The quantitative estimate of drug-likeness (QED) is 0.897. The molecule has 0 aliphatic carbocycles. The van der Waals surface area contributed by atoms with Gasteiger partial charge in [0, 0.05) is 31.6 Å². The van der Waals surface area contributed by atoms with E-state index in [2.05, 4.69) is 4.98 Å². The molecule has 0 bridgehead atoms. The van der Waals surface area contributed by atoms with E-state index in [1.165, 1.54) is 16.9 Å². The predicted octanol–water partition coefficient (Wildman–Crippen LogP) is 1.47. The van der Waals surface area contributed by atoms with E-state index in [0.717, 1.165) is 5.56 Å². The number of nitrogens with zero attached hydrogens (tertiary/aromatic N) is 3. The molecule has 2 heterocycles. The van der Waals surface area contributed by atoms with Gasteiger partial charge < -0.3 is 14.9 Å². The van der Waals surface area contributed by atoms with E-state index < -0.39 is 0 Å². The lowest BCUT2D eigenvalue weighted by molar-refractivity contribution is -0.131. The van der Waals surface area contributed by atoms with Crippen LogP contribution in [-0.4, -0.2) is 57.9 Å². The number of aromatic nitrogens is 1. The molecule has 0 unspecified atom stereocenters. The maximum absolute atomic E-state index is 12.4. The van der Waals surface area contributed by atoms with Gasteiger partial charge in [-0.1, -0.05) is 29.8 Å². The van der Waals surface area contributed by atoms with Crippen LogP contribution in [0.25, 0.3) is 0 Å². The maximum Gasteiger partial charge on any atom is 0.273 e. The minimum atomic E-state index is -0.154. The van der Waals surface area contributed by atoms with Gasteiger partial charge in [-0.2, -0.15) is 0 Å². The summed E-state index contributed by atoms with van der Waals surface area (Å²) in [4.78, 5) is 32.5. The number of benzene rings is 1. The Hall–Kier alpha value is -2.25. The van der Waals surface area contributed by atoms with E-state index in [1.807, 2.05) is 36.1 Å². The summed E-state index contributed by atoms with van der Waals surface area (Å²) in [6, 6.07) is 7.98. The number of carbonyl (C=O) groups is 2. The normalized spacial score (nSPS) is 14.6. The van der Waals surface area contributed by atoms with Gasteiger partial charge in [0.2, 0.25) is 5.91 Å². The molecule has 0 atom stereocenters. The van der Waals surface area contributed by atoms with Gasteiger partial charge in [-0.3, -0.25) is 9.59 Å². The lowest BCUT2D eigenvalue weighted by atomic mass is 10.1. The van der Waals surface area contributed by atoms with Crippen LogP contribution < -0.4 is 0 Å². The molecule has 7 heteroatoms. The first-order valence-corrected chi connectivity index (χ1v) is 9.12. The van der Waals surface area contributed by atoms with Crippen LogP contribution in [-0.2, 0) is 17.8 Å². The van der Waals surface area contributed by atoms with Crippen LogP contribution in [0.5, 0.6) is 0 Å². The molecular formula is C18H21N3O3S. The van der Waals surface area contributed by atoms with Gasteiger partial charge in [0.25, 0.3) is 5.91 Å². The van der Waals surface area contributed by atoms with Crippen LogP contribution in [0, 0.1) is 6.92 Å². The molecule has 1 aliphatic heterocycles. The molecule has 2 amide bonds. The van der Waals surface area contributed by atoms with E-state index in [1.54, 1.807) is 10.3 Å². The van der Waals surface area contributed by atoms with Crippen molar-refractivity contribution in [2.45, 2.75) is 20.0 Å². The molecule has 132 valence electrons. The van der Waals surface area contributed by atoms with Crippen molar-refractivity contribution >= 4 is 23.2 Å². The second-order valence-corrected chi connectivity index (χ2v) is 7.06. The van der Waals surface area contributed by atoms with Gasteiger partial charge in [0.15, 0.2) is 0 Å². The average Bonchev–Trinajstić information content (AvgIpc) is 3.12. The number of thiazole rings is 1. The number of amides is 2. The lowest BCUT2D eigenvalue weighted by Crippen LogP contribution is -2.51. The third-order valence-electron chi connectivity index (χ3n) is 4.30. The minimum absolute atomic E-state index is 0.0900. The number of hydrogen-bond donors (Lipinski definition) is 1. The fraction of sp³-hybridized carbons (Fsp3) is 0.389. The van der Waals surface area contributed by atoms with E-state index in [-0.39, 0.29) is 18.4 Å². The second-order valence-electron chi connectivity index (χ2n) is 6.12. The number of aliphatic hydroxyl groups is 1. The monoisotopic (exact) mass is 359 g/mol. The molecule has 25 heavy (non-hydrogen) atoms. The topological polar surface area (TPSA) is 73.7 Å². The first-order chi connectivity index (χ1) is 12.1. The highest BCUT2D eigenvalue weighted by molar-refractivity contribution is 7.09. The Morgan fingerprint density at radius 2 is 1.76 bits per heavy atom. The van der Waals surface area contributed by atoms with Crippen molar-refractivity contribution in [3.05, 3.63) is 51.5 Å². The molecule has 0 spiro atoms. The average molecular weight is 359 g/mol. The molecule has 1 saturated heterocycles. The first kappa shape index (κ1) is 17.6.